The molecule has 5 rings (SSSR count). The topological polar surface area (TPSA) is 59.9 Å². The number of aliphatic imine (C=N–C) groups is 1. The van der Waals surface area contributed by atoms with Gasteiger partial charge in [0.05, 0.1) is 5.69 Å². The van der Waals surface area contributed by atoms with Crippen molar-refractivity contribution in [3.8, 4) is 0 Å². The first-order chi connectivity index (χ1) is 12.8. The van der Waals surface area contributed by atoms with Gasteiger partial charge in [0.15, 0.2) is 0 Å². The molecule has 1 unspecified atom stereocenters. The standard InChI is InChI=1S/C21H18N2O3/c24-19-21(15-10-4-6-12-17(15)23-19)16-11-5-7-13-18(16)25-20(26-21)22-14-8-2-1-3-9-14/h1-4,6,8-10,12H,5,7,11,13H2,(H,23,24). The number of nitrogens with one attached hydrogen (secondary N) is 1. The number of rotatable bonds is 1. The molecule has 2 aromatic carbocycles. The van der Waals surface area contributed by atoms with Gasteiger partial charge >= 0.3 is 6.08 Å². The van der Waals surface area contributed by atoms with Crippen LogP contribution in [-0.2, 0) is 19.9 Å². The summed E-state index contributed by atoms with van der Waals surface area (Å²) in [5.74, 6) is 0.654. The van der Waals surface area contributed by atoms with Crippen molar-refractivity contribution in [3.63, 3.8) is 0 Å². The van der Waals surface area contributed by atoms with Crippen molar-refractivity contribution in [1.29, 1.82) is 0 Å². The molecular weight excluding hydrogens is 328 g/mol. The summed E-state index contributed by atoms with van der Waals surface area (Å²) in [6.45, 7) is 0. The molecule has 1 N–H and O–H groups in total. The van der Waals surface area contributed by atoms with Crippen LogP contribution in [0.2, 0.25) is 0 Å². The molecule has 2 aliphatic heterocycles. The second-order valence-electron chi connectivity index (χ2n) is 6.71. The van der Waals surface area contributed by atoms with Gasteiger partial charge in [-0.25, -0.2) is 0 Å². The maximum atomic E-state index is 13.1. The molecule has 2 aromatic rings. The van der Waals surface area contributed by atoms with Gasteiger partial charge in [-0.05, 0) is 37.5 Å². The van der Waals surface area contributed by atoms with Gasteiger partial charge in [0.2, 0.25) is 5.60 Å². The molecule has 0 saturated heterocycles. The van der Waals surface area contributed by atoms with Crippen molar-refractivity contribution < 1.29 is 14.3 Å². The molecule has 130 valence electrons. The quantitative estimate of drug-likeness (QED) is 0.833. The Morgan fingerprint density at radius 2 is 1.73 bits per heavy atom. The minimum absolute atomic E-state index is 0.128. The van der Waals surface area contributed by atoms with Gasteiger partial charge in [-0.3, -0.25) is 4.79 Å². The third-order valence-corrected chi connectivity index (χ3v) is 5.14. The first kappa shape index (κ1) is 15.2. The second kappa shape index (κ2) is 5.73. The van der Waals surface area contributed by atoms with E-state index in [1.165, 1.54) is 0 Å². The first-order valence-electron chi connectivity index (χ1n) is 8.91. The second-order valence-corrected chi connectivity index (χ2v) is 6.71. The van der Waals surface area contributed by atoms with E-state index in [1.807, 2.05) is 54.6 Å². The van der Waals surface area contributed by atoms with Crippen LogP contribution in [0, 0.1) is 0 Å². The number of hydrogen-bond donors (Lipinski definition) is 1. The van der Waals surface area contributed by atoms with E-state index in [0.717, 1.165) is 54.0 Å². The number of anilines is 1. The van der Waals surface area contributed by atoms with Gasteiger partial charge in [-0.1, -0.05) is 36.4 Å². The highest BCUT2D eigenvalue weighted by atomic mass is 16.7. The van der Waals surface area contributed by atoms with Crippen molar-refractivity contribution in [2.24, 2.45) is 4.99 Å². The number of carbonyl (C=O) groups excluding carboxylic acids is 1. The minimum Gasteiger partial charge on any atom is -0.424 e. The van der Waals surface area contributed by atoms with E-state index < -0.39 is 5.60 Å². The van der Waals surface area contributed by atoms with Gasteiger partial charge in [0, 0.05) is 23.2 Å². The molecule has 0 bridgehead atoms. The number of hydrogen-bond acceptors (Lipinski definition) is 4. The van der Waals surface area contributed by atoms with Gasteiger partial charge in [-0.2, -0.15) is 4.99 Å². The van der Waals surface area contributed by atoms with Crippen LogP contribution in [0.3, 0.4) is 0 Å². The van der Waals surface area contributed by atoms with Crippen LogP contribution in [0.1, 0.15) is 31.2 Å². The molecule has 2 heterocycles. The normalized spacial score (nSPS) is 25.4. The highest BCUT2D eigenvalue weighted by Crippen LogP contribution is 2.51. The molecule has 26 heavy (non-hydrogen) atoms. The third-order valence-electron chi connectivity index (χ3n) is 5.14. The minimum atomic E-state index is -1.17. The zero-order valence-corrected chi connectivity index (χ0v) is 14.2. The van der Waals surface area contributed by atoms with E-state index in [0.29, 0.717) is 0 Å². The fourth-order valence-corrected chi connectivity index (χ4v) is 3.97. The van der Waals surface area contributed by atoms with E-state index in [1.54, 1.807) is 0 Å². The van der Waals surface area contributed by atoms with Crippen molar-refractivity contribution >= 4 is 23.4 Å². The van der Waals surface area contributed by atoms with Crippen LogP contribution >= 0.6 is 0 Å². The number of carbonyl (C=O) groups is 1. The Bertz CT molecular complexity index is 949. The molecule has 5 nitrogen and oxygen atoms in total. The molecule has 0 saturated carbocycles. The number of fused-ring (bicyclic) bond motifs is 3. The maximum Gasteiger partial charge on any atom is 0.395 e. The molecule has 3 aliphatic rings. The lowest BCUT2D eigenvalue weighted by Gasteiger charge is -2.38. The van der Waals surface area contributed by atoms with Crippen LogP contribution in [0.4, 0.5) is 11.4 Å². The summed E-state index contributed by atoms with van der Waals surface area (Å²) in [6, 6.07) is 17.2. The third kappa shape index (κ3) is 2.17. The number of benzene rings is 2. The van der Waals surface area contributed by atoms with Crippen molar-refractivity contribution in [2.45, 2.75) is 31.3 Å². The summed E-state index contributed by atoms with van der Waals surface area (Å²) in [5, 5.41) is 2.97. The Kier molecular flexibility index (Phi) is 3.35. The molecule has 0 fully saturated rings. The average molecular weight is 346 g/mol. The van der Waals surface area contributed by atoms with E-state index in [2.05, 4.69) is 10.3 Å². The summed E-state index contributed by atoms with van der Waals surface area (Å²) in [5.41, 5.74) is 2.11. The van der Waals surface area contributed by atoms with Crippen LogP contribution in [-0.4, -0.2) is 12.0 Å². The maximum absolute atomic E-state index is 13.1. The highest BCUT2D eigenvalue weighted by molar-refractivity contribution is 6.09. The monoisotopic (exact) mass is 346 g/mol. The van der Waals surface area contributed by atoms with Gasteiger partial charge in [0.25, 0.3) is 5.91 Å². The summed E-state index contributed by atoms with van der Waals surface area (Å²) < 4.78 is 12.2. The van der Waals surface area contributed by atoms with Crippen molar-refractivity contribution in [3.05, 3.63) is 71.5 Å². The predicted octanol–water partition coefficient (Wildman–Crippen LogP) is 4.40. The number of amides is 1. The van der Waals surface area contributed by atoms with Gasteiger partial charge in [-0.15, -0.1) is 0 Å². The van der Waals surface area contributed by atoms with Crippen LogP contribution < -0.4 is 5.32 Å². The molecule has 1 spiro atoms. The Balaban J connectivity index is 1.68. The lowest BCUT2D eigenvalue weighted by atomic mass is 9.79. The summed E-state index contributed by atoms with van der Waals surface area (Å²) in [4.78, 5) is 17.6. The zero-order chi connectivity index (χ0) is 17.6. The van der Waals surface area contributed by atoms with Crippen LogP contribution in [0.25, 0.3) is 0 Å². The lowest BCUT2D eigenvalue weighted by Crippen LogP contribution is -2.46. The number of nitrogens with zero attached hydrogens (tertiary/aromatic N) is 1. The SMILES string of the molecule is O=C1Nc2ccccc2C12OC(=Nc1ccccc1)OC1=C2CCCC1. The molecule has 1 aliphatic carbocycles. The molecule has 0 aromatic heterocycles. The van der Waals surface area contributed by atoms with Gasteiger partial charge in [0.1, 0.15) is 5.76 Å². The molecule has 5 heteroatoms. The largest absolute Gasteiger partial charge is 0.424 e. The Hall–Kier alpha value is -3.08. The molecule has 0 radical (unpaired) electrons. The Labute approximate surface area is 151 Å². The average Bonchev–Trinajstić information content (AvgIpc) is 2.95. The number of allylic oxidation sites excluding steroid dienone is 1. The number of ether oxygens (including phenoxy) is 2. The first-order valence-corrected chi connectivity index (χ1v) is 8.91. The van der Waals surface area contributed by atoms with Crippen LogP contribution in [0.15, 0.2) is 70.9 Å². The fourth-order valence-electron chi connectivity index (χ4n) is 3.97. The Morgan fingerprint density at radius 1 is 0.962 bits per heavy atom. The van der Waals surface area contributed by atoms with Crippen molar-refractivity contribution in [1.82, 2.24) is 0 Å². The lowest BCUT2D eigenvalue weighted by molar-refractivity contribution is -0.132. The Morgan fingerprint density at radius 3 is 2.62 bits per heavy atom. The van der Waals surface area contributed by atoms with Crippen molar-refractivity contribution in [2.75, 3.05) is 5.32 Å². The predicted molar refractivity (Wildman–Crippen MR) is 98.0 cm³/mol. The smallest absolute Gasteiger partial charge is 0.395 e. The van der Waals surface area contributed by atoms with E-state index >= 15 is 0 Å². The molecular formula is C21H18N2O3. The van der Waals surface area contributed by atoms with E-state index in [4.69, 9.17) is 9.47 Å². The fraction of sp³-hybridized carbons (Fsp3) is 0.238. The summed E-state index contributed by atoms with van der Waals surface area (Å²) >= 11 is 0. The number of para-hydroxylation sites is 2. The van der Waals surface area contributed by atoms with E-state index in [9.17, 15) is 4.79 Å². The summed E-state index contributed by atoms with van der Waals surface area (Å²) in [6.07, 6.45) is 3.77. The van der Waals surface area contributed by atoms with Crippen LogP contribution in [0.5, 0.6) is 0 Å². The van der Waals surface area contributed by atoms with Gasteiger partial charge < -0.3 is 14.8 Å². The highest BCUT2D eigenvalue weighted by Gasteiger charge is 2.56. The molecule has 1 atom stereocenters. The zero-order valence-electron chi connectivity index (χ0n) is 14.2. The molecule has 1 amide bonds. The van der Waals surface area contributed by atoms with E-state index in [-0.39, 0.29) is 12.0 Å². The summed E-state index contributed by atoms with van der Waals surface area (Å²) in [7, 11) is 0.